The van der Waals surface area contributed by atoms with Crippen molar-refractivity contribution in [3.05, 3.63) is 46.8 Å². The monoisotopic (exact) mass is 344 g/mol. The molecule has 2 atom stereocenters. The van der Waals surface area contributed by atoms with Crippen molar-refractivity contribution in [2.75, 3.05) is 21.3 Å². The van der Waals surface area contributed by atoms with E-state index in [0.29, 0.717) is 34.0 Å². The van der Waals surface area contributed by atoms with E-state index >= 15 is 0 Å². The second kappa shape index (κ2) is 5.97. The van der Waals surface area contributed by atoms with Crippen molar-refractivity contribution in [2.24, 2.45) is 5.92 Å². The van der Waals surface area contributed by atoms with E-state index in [4.69, 9.17) is 14.2 Å². The van der Waals surface area contributed by atoms with Crippen LogP contribution in [0.3, 0.4) is 0 Å². The van der Waals surface area contributed by atoms with Crippen LogP contribution in [-0.4, -0.2) is 43.4 Å². The molecule has 0 spiro atoms. The number of hydrogen-bond donors (Lipinski definition) is 2. The summed E-state index contributed by atoms with van der Waals surface area (Å²) in [4.78, 5) is 13.1. The van der Waals surface area contributed by atoms with Gasteiger partial charge in [-0.15, -0.1) is 0 Å². The molecule has 25 heavy (non-hydrogen) atoms. The molecule has 0 bridgehead atoms. The Morgan fingerprint density at radius 2 is 1.72 bits per heavy atom. The highest BCUT2D eigenvalue weighted by Gasteiger charge is 2.41. The molecule has 1 aromatic rings. The fourth-order valence-corrected chi connectivity index (χ4v) is 3.34. The number of aliphatic hydroxyl groups excluding tert-OH is 2. The van der Waals surface area contributed by atoms with Crippen molar-refractivity contribution in [1.82, 2.24) is 0 Å². The minimum atomic E-state index is -0.955. The number of methoxy groups -OCH3 is 3. The number of hydrogen-bond acceptors (Lipinski definition) is 6. The Balaban J connectivity index is 2.41. The number of carbonyl (C=O) groups excluding carboxylic acids is 1. The third kappa shape index (κ3) is 2.25. The summed E-state index contributed by atoms with van der Waals surface area (Å²) in [5.41, 5.74) is 1.65. The Morgan fingerprint density at radius 1 is 1.08 bits per heavy atom. The van der Waals surface area contributed by atoms with E-state index < -0.39 is 12.0 Å². The predicted molar refractivity (Wildman–Crippen MR) is 92.4 cm³/mol. The zero-order valence-corrected chi connectivity index (χ0v) is 14.5. The maximum atomic E-state index is 13.1. The Morgan fingerprint density at radius 3 is 2.28 bits per heavy atom. The molecule has 2 N–H and O–H groups in total. The SMILES string of the molecule is C=C1C2=C(O)C(C)C(O)C=C2C(=O)c2c(OC)cc(OC)c(OC)c21. The van der Waals surface area contributed by atoms with Crippen molar-refractivity contribution < 1.29 is 29.2 Å². The highest BCUT2D eigenvalue weighted by Crippen LogP contribution is 2.51. The normalized spacial score (nSPS) is 22.2. The average molecular weight is 344 g/mol. The molecule has 2 aliphatic carbocycles. The maximum absolute atomic E-state index is 13.1. The van der Waals surface area contributed by atoms with Crippen molar-refractivity contribution in [1.29, 1.82) is 0 Å². The van der Waals surface area contributed by atoms with Crippen LogP contribution < -0.4 is 14.2 Å². The number of fused-ring (bicyclic) bond motifs is 2. The molecule has 3 rings (SSSR count). The van der Waals surface area contributed by atoms with Gasteiger partial charge in [-0.1, -0.05) is 13.5 Å². The minimum absolute atomic E-state index is 0.0714. The molecule has 2 aliphatic rings. The smallest absolute Gasteiger partial charge is 0.198 e. The topological polar surface area (TPSA) is 85.2 Å². The van der Waals surface area contributed by atoms with Gasteiger partial charge in [-0.25, -0.2) is 0 Å². The molecule has 0 aliphatic heterocycles. The minimum Gasteiger partial charge on any atom is -0.511 e. The number of benzene rings is 1. The van der Waals surface area contributed by atoms with Gasteiger partial charge >= 0.3 is 0 Å². The lowest BCUT2D eigenvalue weighted by molar-refractivity contribution is 0.101. The summed E-state index contributed by atoms with van der Waals surface area (Å²) in [5, 5.41) is 20.7. The molecule has 0 amide bonds. The number of ketones is 1. The van der Waals surface area contributed by atoms with Crippen LogP contribution in [0.2, 0.25) is 0 Å². The van der Waals surface area contributed by atoms with Gasteiger partial charge < -0.3 is 24.4 Å². The first-order chi connectivity index (χ1) is 11.9. The van der Waals surface area contributed by atoms with Crippen LogP contribution in [0.25, 0.3) is 5.57 Å². The number of aliphatic hydroxyl groups is 2. The van der Waals surface area contributed by atoms with Crippen molar-refractivity contribution in [3.8, 4) is 17.2 Å². The van der Waals surface area contributed by atoms with Gasteiger partial charge in [-0.2, -0.15) is 0 Å². The van der Waals surface area contributed by atoms with Gasteiger partial charge in [0, 0.05) is 28.7 Å². The highest BCUT2D eigenvalue weighted by atomic mass is 16.5. The molecule has 1 aromatic carbocycles. The summed E-state index contributed by atoms with van der Waals surface area (Å²) in [7, 11) is 4.40. The molecular formula is C19H20O6. The van der Waals surface area contributed by atoms with Crippen LogP contribution in [0.15, 0.2) is 35.6 Å². The quantitative estimate of drug-likeness (QED) is 0.877. The second-order valence-corrected chi connectivity index (χ2v) is 5.99. The fourth-order valence-electron chi connectivity index (χ4n) is 3.34. The van der Waals surface area contributed by atoms with Gasteiger partial charge in [0.05, 0.1) is 33.0 Å². The molecular weight excluding hydrogens is 324 g/mol. The third-order valence-corrected chi connectivity index (χ3v) is 4.74. The summed E-state index contributed by atoms with van der Waals surface area (Å²) < 4.78 is 16.2. The predicted octanol–water partition coefficient (Wildman–Crippen LogP) is 2.67. The van der Waals surface area contributed by atoms with E-state index in [9.17, 15) is 15.0 Å². The number of carbonyl (C=O) groups is 1. The van der Waals surface area contributed by atoms with E-state index in [1.54, 1.807) is 13.0 Å². The van der Waals surface area contributed by atoms with Crippen molar-refractivity contribution in [2.45, 2.75) is 13.0 Å². The summed E-state index contributed by atoms with van der Waals surface area (Å²) in [6.07, 6.45) is 0.495. The van der Waals surface area contributed by atoms with Crippen LogP contribution >= 0.6 is 0 Å². The van der Waals surface area contributed by atoms with E-state index in [0.717, 1.165) is 0 Å². The Bertz CT molecular complexity index is 846. The number of Topliss-reactive ketones (excluding diaryl/α,β-unsaturated/α-hetero) is 1. The molecule has 0 fully saturated rings. The lowest BCUT2D eigenvalue weighted by Crippen LogP contribution is -2.29. The molecule has 6 heteroatoms. The Hall–Kier alpha value is -2.73. The van der Waals surface area contributed by atoms with Crippen molar-refractivity contribution >= 4 is 11.4 Å². The fraction of sp³-hybridized carbons (Fsp3) is 0.316. The molecule has 0 aromatic heterocycles. The molecule has 0 heterocycles. The summed E-state index contributed by atoms with van der Waals surface area (Å²) in [6, 6.07) is 1.57. The molecule has 6 nitrogen and oxygen atoms in total. The molecule has 2 unspecified atom stereocenters. The number of allylic oxidation sites excluding steroid dienone is 3. The van der Waals surface area contributed by atoms with Gasteiger partial charge in [0.2, 0.25) is 0 Å². The molecule has 0 radical (unpaired) electrons. The van der Waals surface area contributed by atoms with Crippen LogP contribution in [0.1, 0.15) is 22.8 Å². The third-order valence-electron chi connectivity index (χ3n) is 4.74. The Labute approximate surface area is 145 Å². The summed E-state index contributed by atoms with van der Waals surface area (Å²) >= 11 is 0. The van der Waals surface area contributed by atoms with E-state index in [-0.39, 0.29) is 22.7 Å². The lowest BCUT2D eigenvalue weighted by Gasteiger charge is -2.32. The van der Waals surface area contributed by atoms with Crippen LogP contribution in [-0.2, 0) is 0 Å². The Kier molecular flexibility index (Phi) is 4.08. The molecule has 132 valence electrons. The average Bonchev–Trinajstić information content (AvgIpc) is 2.61. The molecule has 0 saturated heterocycles. The zero-order chi connectivity index (χ0) is 18.5. The van der Waals surface area contributed by atoms with Crippen LogP contribution in [0.4, 0.5) is 0 Å². The van der Waals surface area contributed by atoms with Gasteiger partial charge in [-0.3, -0.25) is 4.79 Å². The molecule has 0 saturated carbocycles. The summed E-state index contributed by atoms with van der Waals surface area (Å²) in [6.45, 7) is 5.74. The van der Waals surface area contributed by atoms with Crippen molar-refractivity contribution in [3.63, 3.8) is 0 Å². The van der Waals surface area contributed by atoms with E-state index in [1.807, 2.05) is 0 Å². The lowest BCUT2D eigenvalue weighted by atomic mass is 9.73. The van der Waals surface area contributed by atoms with E-state index in [1.165, 1.54) is 27.4 Å². The maximum Gasteiger partial charge on any atom is 0.198 e. The zero-order valence-electron chi connectivity index (χ0n) is 14.5. The van der Waals surface area contributed by atoms with Gasteiger partial charge in [-0.05, 0) is 11.6 Å². The first-order valence-electron chi connectivity index (χ1n) is 7.78. The van der Waals surface area contributed by atoms with E-state index in [2.05, 4.69) is 6.58 Å². The van der Waals surface area contributed by atoms with Crippen LogP contribution in [0, 0.1) is 5.92 Å². The number of ether oxygens (including phenoxy) is 3. The van der Waals surface area contributed by atoms with Gasteiger partial charge in [0.25, 0.3) is 0 Å². The second-order valence-electron chi connectivity index (χ2n) is 5.99. The summed E-state index contributed by atoms with van der Waals surface area (Å²) in [5.74, 6) is 0.0680. The first-order valence-corrected chi connectivity index (χ1v) is 7.78. The largest absolute Gasteiger partial charge is 0.511 e. The van der Waals surface area contributed by atoms with Gasteiger partial charge in [0.15, 0.2) is 17.3 Å². The van der Waals surface area contributed by atoms with Gasteiger partial charge in [0.1, 0.15) is 11.5 Å². The first kappa shape index (κ1) is 17.1. The highest BCUT2D eigenvalue weighted by molar-refractivity contribution is 6.23. The van der Waals surface area contributed by atoms with Crippen LogP contribution in [0.5, 0.6) is 17.2 Å². The standard InChI is InChI=1S/C19H20O6/c1-8-11(20)6-10-14(17(8)21)9(2)15-16(18(10)22)12(23-3)7-13(24-4)19(15)25-5/h6-8,11,20-21H,2H2,1,3-5H3. The number of rotatable bonds is 3.